The Kier molecular flexibility index (Phi) is 6.34. The molecule has 0 unspecified atom stereocenters. The topological polar surface area (TPSA) is 116 Å². The highest BCUT2D eigenvalue weighted by Crippen LogP contribution is 2.29. The van der Waals surface area contributed by atoms with Crippen LogP contribution in [0.3, 0.4) is 0 Å². The molecule has 8 nitrogen and oxygen atoms in total. The number of aromatic nitrogens is 3. The van der Waals surface area contributed by atoms with E-state index in [1.54, 1.807) is 0 Å². The number of fused-ring (bicyclic) bond motifs is 3. The summed E-state index contributed by atoms with van der Waals surface area (Å²) in [7, 11) is -1.92. The lowest BCUT2D eigenvalue weighted by molar-refractivity contribution is 0.118. The standard InChI is InChI=1S/C17H23N4O4P/c1-2-24-11-14-20-15-16(21(14)7-8-25-9-10-26(22)23)12-5-3-4-6-13(12)19-17(15)18/h3-6,22-23H,2,7-11H2,1H3,(H2,18,19). The van der Waals surface area contributed by atoms with Crippen molar-refractivity contribution < 1.29 is 19.3 Å². The van der Waals surface area contributed by atoms with E-state index in [4.69, 9.17) is 25.0 Å². The Morgan fingerprint density at radius 1 is 1.15 bits per heavy atom. The molecule has 0 bridgehead atoms. The van der Waals surface area contributed by atoms with Crippen LogP contribution in [-0.4, -0.2) is 50.3 Å². The molecular weight excluding hydrogens is 355 g/mol. The monoisotopic (exact) mass is 378 g/mol. The molecule has 0 saturated carbocycles. The lowest BCUT2D eigenvalue weighted by Gasteiger charge is -2.11. The summed E-state index contributed by atoms with van der Waals surface area (Å²) in [4.78, 5) is 27.0. The molecule has 1 aromatic carbocycles. The van der Waals surface area contributed by atoms with Crippen molar-refractivity contribution in [1.82, 2.24) is 14.5 Å². The zero-order chi connectivity index (χ0) is 18.5. The van der Waals surface area contributed by atoms with E-state index in [9.17, 15) is 0 Å². The minimum Gasteiger partial charge on any atom is -0.382 e. The summed E-state index contributed by atoms with van der Waals surface area (Å²) in [5, 5.41) is 0.973. The van der Waals surface area contributed by atoms with E-state index in [-0.39, 0.29) is 6.16 Å². The third-order valence-corrected chi connectivity index (χ3v) is 4.60. The van der Waals surface area contributed by atoms with E-state index < -0.39 is 8.38 Å². The normalized spacial score (nSPS) is 11.8. The van der Waals surface area contributed by atoms with Crippen molar-refractivity contribution in [3.8, 4) is 0 Å². The first-order valence-electron chi connectivity index (χ1n) is 8.46. The first kappa shape index (κ1) is 18.9. The first-order valence-corrected chi connectivity index (χ1v) is 9.89. The molecule has 0 fully saturated rings. The van der Waals surface area contributed by atoms with Crippen LogP contribution in [0.1, 0.15) is 12.7 Å². The fraction of sp³-hybridized carbons (Fsp3) is 0.412. The number of anilines is 1. The van der Waals surface area contributed by atoms with Gasteiger partial charge in [0.2, 0.25) is 0 Å². The van der Waals surface area contributed by atoms with Crippen LogP contribution in [0.5, 0.6) is 0 Å². The van der Waals surface area contributed by atoms with Gasteiger partial charge in [-0.1, -0.05) is 18.2 Å². The Morgan fingerprint density at radius 2 is 1.96 bits per heavy atom. The third-order valence-electron chi connectivity index (χ3n) is 4.02. The van der Waals surface area contributed by atoms with Crippen molar-refractivity contribution in [3.63, 3.8) is 0 Å². The molecule has 0 aliphatic rings. The van der Waals surface area contributed by atoms with E-state index >= 15 is 0 Å². The van der Waals surface area contributed by atoms with Crippen LogP contribution in [0, 0.1) is 0 Å². The summed E-state index contributed by atoms with van der Waals surface area (Å²) >= 11 is 0. The average Bonchev–Trinajstić information content (AvgIpc) is 2.99. The number of ether oxygens (including phenoxy) is 2. The number of hydrogen-bond acceptors (Lipinski definition) is 7. The summed E-state index contributed by atoms with van der Waals surface area (Å²) in [5.41, 5.74) is 8.52. The predicted molar refractivity (Wildman–Crippen MR) is 102 cm³/mol. The summed E-state index contributed by atoms with van der Waals surface area (Å²) in [5.74, 6) is 1.16. The molecule has 0 spiro atoms. The fourth-order valence-electron chi connectivity index (χ4n) is 2.85. The molecular formula is C17H23N4O4P. The van der Waals surface area contributed by atoms with Gasteiger partial charge in [0.15, 0.2) is 14.2 Å². The molecule has 0 atom stereocenters. The lowest BCUT2D eigenvalue weighted by atomic mass is 10.2. The van der Waals surface area contributed by atoms with Crippen LogP contribution < -0.4 is 5.73 Å². The third kappa shape index (κ3) is 4.11. The van der Waals surface area contributed by atoms with Gasteiger partial charge in [-0.3, -0.25) is 0 Å². The number of imidazole rings is 1. The van der Waals surface area contributed by atoms with Crippen LogP contribution >= 0.6 is 8.38 Å². The van der Waals surface area contributed by atoms with Gasteiger partial charge in [0.1, 0.15) is 17.9 Å². The highest BCUT2D eigenvalue weighted by molar-refractivity contribution is 7.45. The van der Waals surface area contributed by atoms with Crippen molar-refractivity contribution in [2.75, 3.05) is 31.7 Å². The molecule has 0 aliphatic heterocycles. The quantitative estimate of drug-likeness (QED) is 0.385. The molecule has 3 rings (SSSR count). The molecule has 0 aliphatic carbocycles. The molecule has 3 aromatic rings. The van der Waals surface area contributed by atoms with Gasteiger partial charge in [-0.25, -0.2) is 9.97 Å². The van der Waals surface area contributed by atoms with Crippen molar-refractivity contribution in [2.24, 2.45) is 0 Å². The number of nitrogens with zero attached hydrogens (tertiary/aromatic N) is 3. The Hall–Kier alpha value is -1.83. The number of benzene rings is 1. The van der Waals surface area contributed by atoms with Crippen LogP contribution in [0.4, 0.5) is 5.82 Å². The second kappa shape index (κ2) is 8.70. The van der Waals surface area contributed by atoms with Gasteiger partial charge >= 0.3 is 0 Å². The van der Waals surface area contributed by atoms with Crippen LogP contribution in [0.25, 0.3) is 21.9 Å². The number of rotatable bonds is 9. The maximum absolute atomic E-state index is 8.95. The summed E-state index contributed by atoms with van der Waals surface area (Å²) < 4.78 is 13.1. The highest BCUT2D eigenvalue weighted by Gasteiger charge is 2.17. The highest BCUT2D eigenvalue weighted by atomic mass is 31.2. The smallest absolute Gasteiger partial charge is 0.167 e. The Balaban J connectivity index is 1.96. The average molecular weight is 378 g/mol. The van der Waals surface area contributed by atoms with Gasteiger partial charge < -0.3 is 29.6 Å². The summed E-state index contributed by atoms with van der Waals surface area (Å²) in [6.07, 6.45) is 0.242. The molecule has 26 heavy (non-hydrogen) atoms. The largest absolute Gasteiger partial charge is 0.382 e. The molecule has 4 N–H and O–H groups in total. The summed E-state index contributed by atoms with van der Waals surface area (Å²) in [6, 6.07) is 7.80. The predicted octanol–water partition coefficient (Wildman–Crippen LogP) is 2.02. The van der Waals surface area contributed by atoms with E-state index in [0.29, 0.717) is 44.3 Å². The van der Waals surface area contributed by atoms with Crippen LogP contribution in [0.2, 0.25) is 0 Å². The minimum atomic E-state index is -1.92. The van der Waals surface area contributed by atoms with Crippen LogP contribution in [0.15, 0.2) is 24.3 Å². The zero-order valence-corrected chi connectivity index (χ0v) is 15.5. The van der Waals surface area contributed by atoms with Gasteiger partial charge in [-0.05, 0) is 13.0 Å². The number of nitrogen functional groups attached to an aromatic ring is 1. The van der Waals surface area contributed by atoms with E-state index in [1.807, 2.05) is 35.8 Å². The summed E-state index contributed by atoms with van der Waals surface area (Å²) in [6.45, 7) is 4.17. The molecule has 9 heteroatoms. The first-order chi connectivity index (χ1) is 12.6. The fourth-order valence-corrected chi connectivity index (χ4v) is 3.15. The second-order valence-corrected chi connectivity index (χ2v) is 6.93. The maximum atomic E-state index is 8.95. The van der Waals surface area contributed by atoms with E-state index in [0.717, 1.165) is 22.2 Å². The molecule has 0 amide bonds. The van der Waals surface area contributed by atoms with Crippen molar-refractivity contribution >= 4 is 36.1 Å². The van der Waals surface area contributed by atoms with Gasteiger partial charge in [0.05, 0.1) is 24.2 Å². The molecule has 0 saturated heterocycles. The Morgan fingerprint density at radius 3 is 2.73 bits per heavy atom. The van der Waals surface area contributed by atoms with Crippen molar-refractivity contribution in [1.29, 1.82) is 0 Å². The van der Waals surface area contributed by atoms with E-state index in [1.165, 1.54) is 0 Å². The van der Waals surface area contributed by atoms with Gasteiger partial charge in [0.25, 0.3) is 0 Å². The van der Waals surface area contributed by atoms with E-state index in [2.05, 4.69) is 9.97 Å². The molecule has 0 radical (unpaired) electrons. The number of para-hydroxylation sites is 1. The lowest BCUT2D eigenvalue weighted by Crippen LogP contribution is -2.12. The number of nitrogens with two attached hydrogens (primary N) is 1. The van der Waals surface area contributed by atoms with Crippen molar-refractivity contribution in [2.45, 2.75) is 20.1 Å². The number of pyridine rings is 1. The molecule has 2 heterocycles. The Bertz CT molecular complexity index is 884. The van der Waals surface area contributed by atoms with Gasteiger partial charge in [0, 0.05) is 24.7 Å². The maximum Gasteiger partial charge on any atom is 0.167 e. The Labute approximate surface area is 152 Å². The van der Waals surface area contributed by atoms with Gasteiger partial charge in [-0.2, -0.15) is 0 Å². The second-order valence-electron chi connectivity index (χ2n) is 5.74. The minimum absolute atomic E-state index is 0.242. The zero-order valence-electron chi connectivity index (χ0n) is 14.6. The molecule has 140 valence electrons. The van der Waals surface area contributed by atoms with Gasteiger partial charge in [-0.15, -0.1) is 0 Å². The molecule has 2 aromatic heterocycles. The number of hydrogen-bond donors (Lipinski definition) is 3. The SMILES string of the molecule is CCOCc1nc2c(N)nc3ccccc3c2n1CCOCCP(O)O. The van der Waals surface area contributed by atoms with Crippen LogP contribution in [-0.2, 0) is 22.6 Å². The van der Waals surface area contributed by atoms with Crippen molar-refractivity contribution in [3.05, 3.63) is 30.1 Å².